The van der Waals surface area contributed by atoms with Gasteiger partial charge in [0, 0.05) is 20.2 Å². The average Bonchev–Trinajstić information content (AvgIpc) is 3.37. The molecule has 0 aliphatic rings. The number of hydrogen-bond acceptors (Lipinski definition) is 8. The van der Waals surface area contributed by atoms with Crippen LogP contribution in [0, 0.1) is 6.92 Å². The first-order chi connectivity index (χ1) is 13.9. The molecule has 4 rings (SSSR count). The number of esters is 1. The first-order valence-electron chi connectivity index (χ1n) is 8.60. The predicted octanol–water partition coefficient (Wildman–Crippen LogP) is 2.01. The lowest BCUT2D eigenvalue weighted by Crippen LogP contribution is -2.38. The molecule has 0 spiro atoms. The van der Waals surface area contributed by atoms with Gasteiger partial charge >= 0.3 is 11.7 Å². The van der Waals surface area contributed by atoms with E-state index in [1.165, 1.54) is 36.1 Å². The Morgan fingerprint density at radius 1 is 1.24 bits per heavy atom. The maximum absolute atomic E-state index is 12.9. The monoisotopic (exact) mass is 412 g/mol. The lowest BCUT2D eigenvalue weighted by molar-refractivity contribution is 0.0465. The first kappa shape index (κ1) is 18.8. The highest BCUT2D eigenvalue weighted by atomic mass is 32.1. The summed E-state index contributed by atoms with van der Waals surface area (Å²) in [7, 11) is 2.89. The van der Waals surface area contributed by atoms with Gasteiger partial charge in [0.15, 0.2) is 0 Å². The molecule has 0 saturated carbocycles. The summed E-state index contributed by atoms with van der Waals surface area (Å²) in [6, 6.07) is 6.65. The third-order valence-electron chi connectivity index (χ3n) is 4.59. The van der Waals surface area contributed by atoms with Crippen molar-refractivity contribution in [2.45, 2.75) is 13.5 Å². The fourth-order valence-corrected chi connectivity index (χ4v) is 3.63. The molecule has 10 heteroatoms. The molecular formula is C19H16N4O5S. The number of fused-ring (bicyclic) bond motifs is 1. The molecule has 4 aromatic rings. The number of rotatable bonds is 4. The molecule has 0 radical (unpaired) electrons. The molecule has 0 atom stereocenters. The fraction of sp³-hybridized carbons (Fsp3) is 0.211. The van der Waals surface area contributed by atoms with E-state index in [4.69, 9.17) is 9.26 Å². The van der Waals surface area contributed by atoms with Gasteiger partial charge < -0.3 is 9.26 Å². The standard InChI is InChI=1S/C19H16N4O5S/c1-10-16-12(8-13(14-5-4-6-29-14)20-17(16)28-21-10)18(25)27-9-11-7-15(24)23(3)19(26)22(11)2/h4-8H,9H2,1-3H3. The Labute approximate surface area is 167 Å². The van der Waals surface area contributed by atoms with Crippen molar-refractivity contribution in [3.8, 4) is 10.6 Å². The van der Waals surface area contributed by atoms with Crippen LogP contribution in [0.25, 0.3) is 21.7 Å². The van der Waals surface area contributed by atoms with E-state index in [0.29, 0.717) is 16.8 Å². The topological polar surface area (TPSA) is 109 Å². The summed E-state index contributed by atoms with van der Waals surface area (Å²) < 4.78 is 12.9. The van der Waals surface area contributed by atoms with Crippen LogP contribution >= 0.6 is 11.3 Å². The zero-order valence-electron chi connectivity index (χ0n) is 15.8. The second-order valence-electron chi connectivity index (χ2n) is 6.43. The molecule has 0 aromatic carbocycles. The maximum atomic E-state index is 12.9. The molecule has 0 aliphatic heterocycles. The van der Waals surface area contributed by atoms with E-state index < -0.39 is 17.2 Å². The Morgan fingerprint density at radius 3 is 2.76 bits per heavy atom. The van der Waals surface area contributed by atoms with Gasteiger partial charge in [-0.05, 0) is 24.4 Å². The van der Waals surface area contributed by atoms with Crippen molar-refractivity contribution < 1.29 is 14.1 Å². The Kier molecular flexibility index (Phi) is 4.63. The highest BCUT2D eigenvalue weighted by molar-refractivity contribution is 7.13. The number of ether oxygens (including phenoxy) is 1. The quantitative estimate of drug-likeness (QED) is 0.472. The van der Waals surface area contributed by atoms with Gasteiger partial charge in [0.2, 0.25) is 0 Å². The van der Waals surface area contributed by atoms with E-state index in [2.05, 4.69) is 10.1 Å². The summed E-state index contributed by atoms with van der Waals surface area (Å²) in [5.41, 5.74) is 0.893. The van der Waals surface area contributed by atoms with Crippen LogP contribution in [0.5, 0.6) is 0 Å². The number of nitrogens with zero attached hydrogens (tertiary/aromatic N) is 4. The minimum absolute atomic E-state index is 0.233. The number of carbonyl (C=O) groups is 1. The van der Waals surface area contributed by atoms with Crippen LogP contribution in [0.4, 0.5) is 0 Å². The largest absolute Gasteiger partial charge is 0.456 e. The van der Waals surface area contributed by atoms with Crippen molar-refractivity contribution in [3.05, 3.63) is 67.4 Å². The van der Waals surface area contributed by atoms with Crippen LogP contribution in [-0.2, 0) is 25.4 Å². The lowest BCUT2D eigenvalue weighted by atomic mass is 10.1. The minimum Gasteiger partial charge on any atom is -0.456 e. The summed E-state index contributed by atoms with van der Waals surface area (Å²) in [5, 5.41) is 6.27. The number of hydrogen-bond donors (Lipinski definition) is 0. The molecule has 0 bridgehead atoms. The summed E-state index contributed by atoms with van der Waals surface area (Å²) >= 11 is 1.48. The van der Waals surface area contributed by atoms with Crippen LogP contribution in [0.15, 0.2) is 43.8 Å². The molecule has 0 aliphatic carbocycles. The third-order valence-corrected chi connectivity index (χ3v) is 5.48. The third kappa shape index (κ3) is 3.27. The zero-order chi connectivity index (χ0) is 20.7. The number of pyridine rings is 1. The normalized spacial score (nSPS) is 11.1. The molecule has 9 nitrogen and oxygen atoms in total. The van der Waals surface area contributed by atoms with Gasteiger partial charge in [-0.3, -0.25) is 13.9 Å². The van der Waals surface area contributed by atoms with Crippen molar-refractivity contribution in [1.82, 2.24) is 19.3 Å². The number of aryl methyl sites for hydroxylation is 1. The number of carbonyl (C=O) groups excluding carboxylic acids is 1. The van der Waals surface area contributed by atoms with E-state index >= 15 is 0 Å². The van der Waals surface area contributed by atoms with Crippen LogP contribution < -0.4 is 11.2 Å². The number of thiophene rings is 1. The summed E-state index contributed by atoms with van der Waals surface area (Å²) in [6.45, 7) is 1.48. The molecule has 4 aromatic heterocycles. The highest BCUT2D eigenvalue weighted by Gasteiger charge is 2.21. The summed E-state index contributed by atoms with van der Waals surface area (Å²) in [6.07, 6.45) is 0. The van der Waals surface area contributed by atoms with Gasteiger partial charge in [0.1, 0.15) is 6.61 Å². The summed E-state index contributed by atoms with van der Waals surface area (Å²) in [5.74, 6) is -0.630. The smallest absolute Gasteiger partial charge is 0.339 e. The van der Waals surface area contributed by atoms with Crippen molar-refractivity contribution >= 4 is 28.4 Å². The van der Waals surface area contributed by atoms with Crippen LogP contribution in [-0.4, -0.2) is 25.2 Å². The average molecular weight is 412 g/mol. The maximum Gasteiger partial charge on any atom is 0.339 e. The van der Waals surface area contributed by atoms with E-state index in [1.54, 1.807) is 13.0 Å². The Hall–Kier alpha value is -3.53. The molecule has 0 unspecified atom stereocenters. The highest BCUT2D eigenvalue weighted by Crippen LogP contribution is 2.29. The van der Waals surface area contributed by atoms with Crippen molar-refractivity contribution in [2.24, 2.45) is 14.1 Å². The molecule has 0 amide bonds. The molecule has 29 heavy (non-hydrogen) atoms. The molecule has 0 saturated heterocycles. The Bertz CT molecular complexity index is 1350. The first-order valence-corrected chi connectivity index (χ1v) is 9.48. The van der Waals surface area contributed by atoms with Gasteiger partial charge in [0.05, 0.1) is 32.9 Å². The Morgan fingerprint density at radius 2 is 2.03 bits per heavy atom. The minimum atomic E-state index is -0.630. The molecule has 0 N–H and O–H groups in total. The van der Waals surface area contributed by atoms with E-state index in [1.807, 2.05) is 17.5 Å². The molecule has 4 heterocycles. The van der Waals surface area contributed by atoms with Crippen LogP contribution in [0.1, 0.15) is 21.7 Å². The van der Waals surface area contributed by atoms with E-state index in [0.717, 1.165) is 9.44 Å². The second kappa shape index (κ2) is 7.13. The van der Waals surface area contributed by atoms with Crippen molar-refractivity contribution in [2.75, 3.05) is 0 Å². The predicted molar refractivity (Wildman–Crippen MR) is 106 cm³/mol. The Balaban J connectivity index is 1.71. The van der Waals surface area contributed by atoms with Crippen LogP contribution in [0.3, 0.4) is 0 Å². The van der Waals surface area contributed by atoms with E-state index in [-0.39, 0.29) is 23.6 Å². The molecule has 148 valence electrons. The van der Waals surface area contributed by atoms with Gasteiger partial charge in [-0.15, -0.1) is 11.3 Å². The van der Waals surface area contributed by atoms with Gasteiger partial charge in [-0.1, -0.05) is 11.2 Å². The fourth-order valence-electron chi connectivity index (χ4n) is 2.94. The zero-order valence-corrected chi connectivity index (χ0v) is 16.6. The van der Waals surface area contributed by atoms with Crippen molar-refractivity contribution in [3.63, 3.8) is 0 Å². The second-order valence-corrected chi connectivity index (χ2v) is 7.38. The lowest BCUT2D eigenvalue weighted by Gasteiger charge is -2.11. The van der Waals surface area contributed by atoms with E-state index in [9.17, 15) is 14.4 Å². The number of aromatic nitrogens is 4. The van der Waals surface area contributed by atoms with Crippen LogP contribution in [0.2, 0.25) is 0 Å². The van der Waals surface area contributed by atoms with Gasteiger partial charge in [0.25, 0.3) is 11.3 Å². The summed E-state index contributed by atoms with van der Waals surface area (Å²) in [4.78, 5) is 42.1. The van der Waals surface area contributed by atoms with Gasteiger partial charge in [-0.2, -0.15) is 0 Å². The molecular weight excluding hydrogens is 396 g/mol. The SMILES string of the molecule is Cc1noc2nc(-c3cccs3)cc(C(=O)OCc3cc(=O)n(C)c(=O)n3C)c12. The van der Waals surface area contributed by atoms with Crippen molar-refractivity contribution in [1.29, 1.82) is 0 Å². The van der Waals surface area contributed by atoms with Gasteiger partial charge in [-0.25, -0.2) is 14.6 Å². The molecule has 0 fully saturated rings.